The first kappa shape index (κ1) is 13.5. The van der Waals surface area contributed by atoms with E-state index in [0.717, 1.165) is 28.8 Å². The number of fused-ring (bicyclic) bond motifs is 1. The molecule has 0 aliphatic rings. The fourth-order valence-corrected chi connectivity index (χ4v) is 2.43. The lowest BCUT2D eigenvalue weighted by Crippen LogP contribution is -2.14. The second kappa shape index (κ2) is 5.87. The average molecular weight is 279 g/mol. The average Bonchev–Trinajstić information content (AvgIpc) is 3.01. The lowest BCUT2D eigenvalue weighted by molar-refractivity contribution is 0.0899. The van der Waals surface area contributed by atoms with Gasteiger partial charge in [0, 0.05) is 36.3 Å². The molecule has 0 aliphatic carbocycles. The molecule has 0 radical (unpaired) electrons. The lowest BCUT2D eigenvalue weighted by Gasteiger charge is -2.05. The van der Waals surface area contributed by atoms with Crippen LogP contribution in [0.2, 0.25) is 0 Å². The number of carbonyl (C=O) groups excluding carboxylic acids is 1. The molecule has 2 aromatic heterocycles. The van der Waals surface area contributed by atoms with Gasteiger partial charge in [0.1, 0.15) is 5.82 Å². The van der Waals surface area contributed by atoms with Gasteiger partial charge in [-0.2, -0.15) is 0 Å². The van der Waals surface area contributed by atoms with E-state index in [9.17, 15) is 4.79 Å². The molecule has 0 amide bonds. The zero-order chi connectivity index (χ0) is 14.7. The summed E-state index contributed by atoms with van der Waals surface area (Å²) < 4.78 is 1.64. The van der Waals surface area contributed by atoms with E-state index in [1.165, 1.54) is 0 Å². The van der Waals surface area contributed by atoms with Crippen molar-refractivity contribution >= 4 is 16.8 Å². The van der Waals surface area contributed by atoms with Crippen molar-refractivity contribution in [3.8, 4) is 0 Å². The van der Waals surface area contributed by atoms with Crippen LogP contribution in [0.15, 0.2) is 48.8 Å². The van der Waals surface area contributed by atoms with E-state index in [4.69, 9.17) is 0 Å². The Kier molecular flexibility index (Phi) is 3.77. The summed E-state index contributed by atoms with van der Waals surface area (Å²) in [5, 5.41) is 1.12. The van der Waals surface area contributed by atoms with Crippen molar-refractivity contribution in [2.75, 3.05) is 0 Å². The van der Waals surface area contributed by atoms with Gasteiger partial charge in [0.25, 0.3) is 0 Å². The highest BCUT2D eigenvalue weighted by molar-refractivity contribution is 5.80. The van der Waals surface area contributed by atoms with E-state index >= 15 is 0 Å². The number of hydrogen-bond donors (Lipinski definition) is 0. The minimum absolute atomic E-state index is 0.0688. The van der Waals surface area contributed by atoms with Crippen molar-refractivity contribution < 1.29 is 4.79 Å². The Morgan fingerprint density at radius 3 is 2.90 bits per heavy atom. The second-order valence-corrected chi connectivity index (χ2v) is 4.96. The molecule has 1 aromatic carbocycles. The molecule has 0 saturated carbocycles. The molecule has 0 unspecified atom stereocenters. The van der Waals surface area contributed by atoms with Crippen LogP contribution in [0.5, 0.6) is 0 Å². The van der Waals surface area contributed by atoms with E-state index in [-0.39, 0.29) is 5.91 Å². The third-order valence-electron chi connectivity index (χ3n) is 3.55. The van der Waals surface area contributed by atoms with Crippen molar-refractivity contribution in [1.29, 1.82) is 0 Å². The summed E-state index contributed by atoms with van der Waals surface area (Å²) in [6.07, 6.45) is 5.24. The van der Waals surface area contributed by atoms with Crippen LogP contribution in [0.4, 0.5) is 0 Å². The van der Waals surface area contributed by atoms with Crippen molar-refractivity contribution in [3.63, 3.8) is 0 Å². The maximum atomic E-state index is 12.2. The zero-order valence-electron chi connectivity index (χ0n) is 12.0. The molecule has 4 nitrogen and oxygen atoms in total. The maximum absolute atomic E-state index is 12.2. The predicted molar refractivity (Wildman–Crippen MR) is 82.3 cm³/mol. The number of hydrogen-bond acceptors (Lipinski definition) is 3. The van der Waals surface area contributed by atoms with Crippen LogP contribution < -0.4 is 0 Å². The van der Waals surface area contributed by atoms with E-state index in [1.54, 1.807) is 17.0 Å². The highest BCUT2D eigenvalue weighted by Crippen LogP contribution is 2.13. The van der Waals surface area contributed by atoms with Gasteiger partial charge in [-0.05, 0) is 18.6 Å². The predicted octanol–water partition coefficient (Wildman–Crippen LogP) is 3.27. The monoisotopic (exact) mass is 279 g/mol. The fourth-order valence-electron chi connectivity index (χ4n) is 2.43. The first-order chi connectivity index (χ1) is 10.3. The molecule has 2 heterocycles. The summed E-state index contributed by atoms with van der Waals surface area (Å²) in [6.45, 7) is 2.00. The van der Waals surface area contributed by atoms with Gasteiger partial charge in [0.15, 0.2) is 0 Å². The molecule has 3 aromatic rings. The third-order valence-corrected chi connectivity index (χ3v) is 3.55. The van der Waals surface area contributed by atoms with Crippen molar-refractivity contribution in [1.82, 2.24) is 14.5 Å². The number of benzene rings is 1. The number of pyridine rings is 1. The number of carbonyl (C=O) groups is 1. The van der Waals surface area contributed by atoms with Gasteiger partial charge in [0.05, 0.1) is 5.52 Å². The summed E-state index contributed by atoms with van der Waals surface area (Å²) in [5.41, 5.74) is 1.92. The molecule has 0 fully saturated rings. The number of imidazole rings is 1. The topological polar surface area (TPSA) is 47.8 Å². The van der Waals surface area contributed by atoms with Crippen LogP contribution in [-0.2, 0) is 12.8 Å². The Balaban J connectivity index is 1.72. The van der Waals surface area contributed by atoms with Crippen molar-refractivity contribution in [2.24, 2.45) is 0 Å². The molecular weight excluding hydrogens is 262 g/mol. The molecule has 4 heteroatoms. The smallest absolute Gasteiger partial charge is 0.232 e. The van der Waals surface area contributed by atoms with Gasteiger partial charge in [-0.3, -0.25) is 14.3 Å². The molecule has 106 valence electrons. The summed E-state index contributed by atoms with van der Waals surface area (Å²) >= 11 is 0. The normalized spacial score (nSPS) is 10.9. The second-order valence-electron chi connectivity index (χ2n) is 4.96. The summed E-state index contributed by atoms with van der Waals surface area (Å²) in [4.78, 5) is 21.0. The van der Waals surface area contributed by atoms with Crippen LogP contribution in [-0.4, -0.2) is 20.4 Å². The highest BCUT2D eigenvalue weighted by Gasteiger charge is 2.10. The quantitative estimate of drug-likeness (QED) is 0.736. The molecule has 0 spiro atoms. The Morgan fingerprint density at radius 1 is 1.19 bits per heavy atom. The standard InChI is InChI=1S/C17H17N3O/c1-2-16-18-11-12-20(16)17(21)10-9-14-8-7-13-5-3-4-6-15(13)19-14/h3-8,11-12H,2,9-10H2,1H3. The number of nitrogens with zero attached hydrogens (tertiary/aromatic N) is 3. The first-order valence-electron chi connectivity index (χ1n) is 7.18. The molecule has 0 N–H and O–H groups in total. The van der Waals surface area contributed by atoms with Gasteiger partial charge in [-0.25, -0.2) is 4.98 Å². The Morgan fingerprint density at radius 2 is 2.05 bits per heavy atom. The molecule has 0 aliphatic heterocycles. The summed E-state index contributed by atoms with van der Waals surface area (Å²) in [5.74, 6) is 0.880. The van der Waals surface area contributed by atoms with E-state index in [1.807, 2.05) is 37.3 Å². The molecule has 0 atom stereocenters. The number of aryl methyl sites for hydroxylation is 2. The van der Waals surface area contributed by atoms with Crippen LogP contribution in [0.3, 0.4) is 0 Å². The van der Waals surface area contributed by atoms with Gasteiger partial charge in [0.2, 0.25) is 5.91 Å². The Labute approximate surface area is 123 Å². The van der Waals surface area contributed by atoms with Gasteiger partial charge in [-0.15, -0.1) is 0 Å². The summed E-state index contributed by atoms with van der Waals surface area (Å²) in [6, 6.07) is 12.0. The maximum Gasteiger partial charge on any atom is 0.232 e. The molecule has 3 rings (SSSR count). The van der Waals surface area contributed by atoms with Crippen molar-refractivity contribution in [2.45, 2.75) is 26.2 Å². The highest BCUT2D eigenvalue weighted by atomic mass is 16.2. The number of aromatic nitrogens is 3. The largest absolute Gasteiger partial charge is 0.274 e. The van der Waals surface area contributed by atoms with Gasteiger partial charge >= 0.3 is 0 Å². The third kappa shape index (κ3) is 2.84. The number of rotatable bonds is 4. The van der Waals surface area contributed by atoms with Crippen LogP contribution >= 0.6 is 0 Å². The van der Waals surface area contributed by atoms with E-state index in [0.29, 0.717) is 12.8 Å². The molecular formula is C17H17N3O. The molecule has 0 saturated heterocycles. The zero-order valence-corrected chi connectivity index (χ0v) is 12.0. The van der Waals surface area contributed by atoms with Gasteiger partial charge < -0.3 is 0 Å². The Bertz CT molecular complexity index is 776. The first-order valence-corrected chi connectivity index (χ1v) is 7.18. The Hall–Kier alpha value is -2.49. The number of para-hydroxylation sites is 1. The lowest BCUT2D eigenvalue weighted by atomic mass is 10.1. The minimum Gasteiger partial charge on any atom is -0.274 e. The molecule has 0 bridgehead atoms. The summed E-state index contributed by atoms with van der Waals surface area (Å²) in [7, 11) is 0. The fraction of sp³-hybridized carbons (Fsp3) is 0.235. The van der Waals surface area contributed by atoms with Crippen molar-refractivity contribution in [3.05, 3.63) is 60.3 Å². The van der Waals surface area contributed by atoms with Crippen LogP contribution in [0.25, 0.3) is 10.9 Å². The van der Waals surface area contributed by atoms with E-state index < -0.39 is 0 Å². The van der Waals surface area contributed by atoms with Crippen LogP contribution in [0.1, 0.15) is 29.7 Å². The van der Waals surface area contributed by atoms with Gasteiger partial charge in [-0.1, -0.05) is 31.2 Å². The minimum atomic E-state index is 0.0688. The van der Waals surface area contributed by atoms with Crippen LogP contribution in [0, 0.1) is 0 Å². The SMILES string of the molecule is CCc1nccn1C(=O)CCc1ccc2ccccc2n1. The van der Waals surface area contributed by atoms with E-state index in [2.05, 4.69) is 16.0 Å². The molecule has 21 heavy (non-hydrogen) atoms.